The Kier molecular flexibility index (Phi) is 5.32. The molecule has 28 heavy (non-hydrogen) atoms. The third kappa shape index (κ3) is 3.74. The standard InChI is InChI=1S/C21H27N5O2/c1-3-17-14-26-15-22-19(13-20(26)23-17)24-8-10-25(11-9-24)21(27)12-16-6-4-5-7-18(16)28-2/h4-7,13,15,17H,3,8-12,14H2,1-2H3/t17-/m1/s1. The van der Waals surface area contributed by atoms with Crippen LogP contribution in [0.4, 0.5) is 0 Å². The van der Waals surface area contributed by atoms with Gasteiger partial charge in [0.1, 0.15) is 17.4 Å². The lowest BCUT2D eigenvalue weighted by Crippen LogP contribution is -2.49. The minimum Gasteiger partial charge on any atom is -0.496 e. The number of aliphatic imine (C=N–C) groups is 2. The molecule has 1 amide bonds. The topological polar surface area (TPSA) is 60.7 Å². The number of carbonyl (C=O) groups excluding carboxylic acids is 1. The third-order valence-corrected chi connectivity index (χ3v) is 5.57. The van der Waals surface area contributed by atoms with E-state index in [4.69, 9.17) is 9.73 Å². The van der Waals surface area contributed by atoms with Gasteiger partial charge < -0.3 is 19.4 Å². The number of hydrogen-bond acceptors (Lipinski definition) is 6. The fourth-order valence-electron chi connectivity index (χ4n) is 3.83. The van der Waals surface area contributed by atoms with Gasteiger partial charge in [-0.1, -0.05) is 25.1 Å². The average Bonchev–Trinajstić information content (AvgIpc) is 3.16. The molecule has 0 radical (unpaired) electrons. The highest BCUT2D eigenvalue weighted by atomic mass is 16.5. The number of ether oxygens (including phenoxy) is 1. The SMILES string of the molecule is CC[C@@H]1CN2C=NC(N3CCN(C(=O)Cc4ccccc4OC)CC3)=CC2=N1. The molecule has 1 atom stereocenters. The molecule has 7 nitrogen and oxygen atoms in total. The first-order valence-electron chi connectivity index (χ1n) is 9.93. The van der Waals surface area contributed by atoms with Gasteiger partial charge in [-0.05, 0) is 12.5 Å². The van der Waals surface area contributed by atoms with Crippen LogP contribution < -0.4 is 4.74 Å². The van der Waals surface area contributed by atoms with E-state index in [1.54, 1.807) is 7.11 Å². The average molecular weight is 381 g/mol. The van der Waals surface area contributed by atoms with Crippen LogP contribution in [-0.2, 0) is 11.2 Å². The number of fused-ring (bicyclic) bond motifs is 1. The van der Waals surface area contributed by atoms with Gasteiger partial charge in [0.05, 0.1) is 25.9 Å². The number of piperazine rings is 1. The molecule has 3 heterocycles. The molecule has 7 heteroatoms. The molecule has 1 saturated heterocycles. The summed E-state index contributed by atoms with van der Waals surface area (Å²) >= 11 is 0. The zero-order valence-electron chi connectivity index (χ0n) is 16.5. The first-order chi connectivity index (χ1) is 13.7. The van der Waals surface area contributed by atoms with Crippen molar-refractivity contribution in [1.29, 1.82) is 0 Å². The van der Waals surface area contributed by atoms with Gasteiger partial charge in [-0.2, -0.15) is 0 Å². The zero-order valence-corrected chi connectivity index (χ0v) is 16.5. The molecule has 4 rings (SSSR count). The predicted octanol–water partition coefficient (Wildman–Crippen LogP) is 1.76. The second-order valence-electron chi connectivity index (χ2n) is 7.31. The maximum Gasteiger partial charge on any atom is 0.227 e. The summed E-state index contributed by atoms with van der Waals surface area (Å²) in [6.07, 6.45) is 5.38. The van der Waals surface area contributed by atoms with Gasteiger partial charge in [0.2, 0.25) is 5.91 Å². The lowest BCUT2D eigenvalue weighted by atomic mass is 10.1. The monoisotopic (exact) mass is 381 g/mol. The molecular weight excluding hydrogens is 354 g/mol. The molecule has 0 aromatic heterocycles. The number of carbonyl (C=O) groups is 1. The number of para-hydroxylation sites is 1. The van der Waals surface area contributed by atoms with Crippen molar-refractivity contribution in [2.45, 2.75) is 25.8 Å². The number of amides is 1. The van der Waals surface area contributed by atoms with Crippen molar-refractivity contribution in [1.82, 2.24) is 14.7 Å². The van der Waals surface area contributed by atoms with E-state index in [-0.39, 0.29) is 5.91 Å². The van der Waals surface area contributed by atoms with Gasteiger partial charge in [-0.25, -0.2) is 4.99 Å². The van der Waals surface area contributed by atoms with Gasteiger partial charge in [0, 0.05) is 44.4 Å². The lowest BCUT2D eigenvalue weighted by molar-refractivity contribution is -0.132. The van der Waals surface area contributed by atoms with Crippen molar-refractivity contribution in [3.8, 4) is 5.75 Å². The van der Waals surface area contributed by atoms with Crippen molar-refractivity contribution < 1.29 is 9.53 Å². The van der Waals surface area contributed by atoms with Gasteiger partial charge in [0.25, 0.3) is 0 Å². The van der Waals surface area contributed by atoms with E-state index < -0.39 is 0 Å². The molecule has 0 saturated carbocycles. The smallest absolute Gasteiger partial charge is 0.227 e. The number of methoxy groups -OCH3 is 1. The van der Waals surface area contributed by atoms with E-state index >= 15 is 0 Å². The Morgan fingerprint density at radius 2 is 2.00 bits per heavy atom. The third-order valence-electron chi connectivity index (χ3n) is 5.57. The summed E-state index contributed by atoms with van der Waals surface area (Å²) in [7, 11) is 1.64. The summed E-state index contributed by atoms with van der Waals surface area (Å²) in [6, 6.07) is 8.07. The number of rotatable bonds is 5. The van der Waals surface area contributed by atoms with Crippen molar-refractivity contribution in [3.05, 3.63) is 41.7 Å². The van der Waals surface area contributed by atoms with Crippen LogP contribution in [0.25, 0.3) is 0 Å². The molecular formula is C21H27N5O2. The van der Waals surface area contributed by atoms with E-state index in [0.29, 0.717) is 25.6 Å². The van der Waals surface area contributed by atoms with Crippen LogP contribution in [0.1, 0.15) is 18.9 Å². The minimum atomic E-state index is 0.141. The second kappa shape index (κ2) is 8.04. The quantitative estimate of drug-likeness (QED) is 0.780. The van der Waals surface area contributed by atoms with Gasteiger partial charge in [-0.15, -0.1) is 0 Å². The van der Waals surface area contributed by atoms with Gasteiger partial charge in [-0.3, -0.25) is 9.79 Å². The number of benzene rings is 1. The van der Waals surface area contributed by atoms with Crippen LogP contribution in [0, 0.1) is 0 Å². The van der Waals surface area contributed by atoms with Gasteiger partial charge in [0.15, 0.2) is 0 Å². The van der Waals surface area contributed by atoms with Crippen molar-refractivity contribution >= 4 is 18.1 Å². The van der Waals surface area contributed by atoms with E-state index in [2.05, 4.69) is 27.8 Å². The summed E-state index contributed by atoms with van der Waals surface area (Å²) in [5.74, 6) is 2.86. The summed E-state index contributed by atoms with van der Waals surface area (Å²) in [4.78, 5) is 28.4. The summed E-state index contributed by atoms with van der Waals surface area (Å²) < 4.78 is 5.36. The highest BCUT2D eigenvalue weighted by molar-refractivity contribution is 6.03. The highest BCUT2D eigenvalue weighted by Gasteiger charge is 2.28. The minimum absolute atomic E-state index is 0.141. The fourth-order valence-corrected chi connectivity index (χ4v) is 3.83. The van der Waals surface area contributed by atoms with Crippen molar-refractivity contribution in [2.24, 2.45) is 9.98 Å². The second-order valence-corrected chi connectivity index (χ2v) is 7.31. The molecule has 1 aromatic rings. The summed E-state index contributed by atoms with van der Waals surface area (Å²) in [5.41, 5.74) is 0.932. The predicted molar refractivity (Wildman–Crippen MR) is 110 cm³/mol. The van der Waals surface area contributed by atoms with Crippen LogP contribution in [0.15, 0.2) is 46.1 Å². The maximum atomic E-state index is 12.7. The molecule has 148 valence electrons. The fraction of sp³-hybridized carbons (Fsp3) is 0.476. The Balaban J connectivity index is 1.35. The molecule has 0 aliphatic carbocycles. The Hall–Kier alpha value is -2.83. The van der Waals surface area contributed by atoms with E-state index in [9.17, 15) is 4.79 Å². The molecule has 1 aromatic carbocycles. The zero-order chi connectivity index (χ0) is 19.5. The molecule has 1 fully saturated rings. The van der Waals surface area contributed by atoms with Crippen LogP contribution in [0.2, 0.25) is 0 Å². The summed E-state index contributed by atoms with van der Waals surface area (Å²) in [5, 5.41) is 0. The first kappa shape index (κ1) is 18.5. The van der Waals surface area contributed by atoms with Crippen LogP contribution in [0.3, 0.4) is 0 Å². The van der Waals surface area contributed by atoms with E-state index in [0.717, 1.165) is 49.0 Å². The Morgan fingerprint density at radius 3 is 2.75 bits per heavy atom. The molecule has 0 spiro atoms. The molecule has 0 unspecified atom stereocenters. The van der Waals surface area contributed by atoms with E-state index in [1.165, 1.54) is 0 Å². The molecule has 3 aliphatic rings. The molecule has 3 aliphatic heterocycles. The summed E-state index contributed by atoms with van der Waals surface area (Å²) in [6.45, 7) is 6.06. The number of hydrogen-bond donors (Lipinski definition) is 0. The van der Waals surface area contributed by atoms with Crippen LogP contribution >= 0.6 is 0 Å². The number of nitrogens with zero attached hydrogens (tertiary/aromatic N) is 5. The normalized spacial score (nSPS) is 21.4. The molecule has 0 N–H and O–H groups in total. The lowest BCUT2D eigenvalue weighted by Gasteiger charge is -2.37. The Morgan fingerprint density at radius 1 is 1.21 bits per heavy atom. The van der Waals surface area contributed by atoms with Crippen LogP contribution in [0.5, 0.6) is 5.75 Å². The van der Waals surface area contributed by atoms with Crippen LogP contribution in [-0.4, -0.2) is 78.7 Å². The highest BCUT2D eigenvalue weighted by Crippen LogP contribution is 2.21. The first-order valence-corrected chi connectivity index (χ1v) is 9.93. The number of amidine groups is 1. The Bertz CT molecular complexity index is 824. The Labute approximate surface area is 166 Å². The van der Waals surface area contributed by atoms with Crippen molar-refractivity contribution in [3.63, 3.8) is 0 Å². The maximum absolute atomic E-state index is 12.7. The van der Waals surface area contributed by atoms with E-state index in [1.807, 2.05) is 35.5 Å². The van der Waals surface area contributed by atoms with Gasteiger partial charge >= 0.3 is 0 Å². The molecule has 0 bridgehead atoms. The largest absolute Gasteiger partial charge is 0.496 e. The van der Waals surface area contributed by atoms with Crippen molar-refractivity contribution in [2.75, 3.05) is 39.8 Å².